The zero-order valence-corrected chi connectivity index (χ0v) is 18.9. The van der Waals surface area contributed by atoms with Crippen LogP contribution in [0.3, 0.4) is 0 Å². The molecule has 1 fully saturated rings. The number of hydrogen-bond acceptors (Lipinski definition) is 8. The molecule has 2 aromatic heterocycles. The summed E-state index contributed by atoms with van der Waals surface area (Å²) in [5.41, 5.74) is 0.608. The third-order valence-electron chi connectivity index (χ3n) is 4.79. The van der Waals surface area contributed by atoms with Crippen LogP contribution in [-0.2, 0) is 21.4 Å². The van der Waals surface area contributed by atoms with E-state index in [1.165, 1.54) is 26.3 Å². The van der Waals surface area contributed by atoms with Crippen LogP contribution in [0.1, 0.15) is 12.8 Å². The molecule has 1 N–H and O–H groups in total. The largest absolute Gasteiger partial charge is 0.347 e. The van der Waals surface area contributed by atoms with Gasteiger partial charge in [-0.05, 0) is 12.8 Å². The molecule has 13 heteroatoms. The van der Waals surface area contributed by atoms with Gasteiger partial charge in [0.1, 0.15) is 11.6 Å². The second kappa shape index (κ2) is 8.74. The molecule has 1 amide bonds. The molecule has 3 rings (SSSR count). The van der Waals surface area contributed by atoms with E-state index in [1.54, 1.807) is 38.4 Å². The molecule has 0 saturated carbocycles. The van der Waals surface area contributed by atoms with Gasteiger partial charge in [-0.15, -0.1) is 0 Å². The van der Waals surface area contributed by atoms with Gasteiger partial charge in [0, 0.05) is 33.9 Å². The number of hydrogen-bond donors (Lipinski definition) is 1. The number of halogens is 1. The molecule has 0 aliphatic carbocycles. The Morgan fingerprint density at radius 3 is 2.73 bits per heavy atom. The fourth-order valence-corrected chi connectivity index (χ4v) is 4.60. The minimum absolute atomic E-state index is 0.0803. The number of sulfonamides is 1. The quantitative estimate of drug-likeness (QED) is 0.655. The number of likely N-dealkylation sites (N-methyl/N-ethyl adjacent to an activating group) is 1. The van der Waals surface area contributed by atoms with Crippen LogP contribution in [-0.4, -0.2) is 83.4 Å². The van der Waals surface area contributed by atoms with Crippen molar-refractivity contribution in [2.45, 2.75) is 25.6 Å². The van der Waals surface area contributed by atoms with Crippen molar-refractivity contribution in [3.05, 3.63) is 23.6 Å². The topological polar surface area (TPSA) is 117 Å². The Hall–Kier alpha value is -2.44. The monoisotopic (exact) mass is 456 g/mol. The maximum Gasteiger partial charge on any atom is 0.243 e. The van der Waals surface area contributed by atoms with Crippen LogP contribution in [0.5, 0.6) is 0 Å². The summed E-state index contributed by atoms with van der Waals surface area (Å²) in [6.45, 7) is 0.583. The van der Waals surface area contributed by atoms with Gasteiger partial charge < -0.3 is 15.1 Å². The lowest BCUT2D eigenvalue weighted by molar-refractivity contribution is -0.129. The Morgan fingerprint density at radius 1 is 1.33 bits per heavy atom. The fraction of sp³-hybridized carbons (Fsp3) is 0.529. The number of carbonyl (C=O) groups is 1. The van der Waals surface area contributed by atoms with Gasteiger partial charge in [-0.3, -0.25) is 9.48 Å². The summed E-state index contributed by atoms with van der Waals surface area (Å²) >= 11 is 6.30. The summed E-state index contributed by atoms with van der Waals surface area (Å²) in [7, 11) is 1.78. The minimum atomic E-state index is -3.34. The van der Waals surface area contributed by atoms with Gasteiger partial charge in [0.2, 0.25) is 21.9 Å². The first kappa shape index (κ1) is 22.2. The van der Waals surface area contributed by atoms with Gasteiger partial charge in [0.05, 0.1) is 30.5 Å². The molecule has 1 aliphatic rings. The highest BCUT2D eigenvalue weighted by atomic mass is 35.5. The molecule has 30 heavy (non-hydrogen) atoms. The molecule has 0 aromatic carbocycles. The van der Waals surface area contributed by atoms with Gasteiger partial charge in [-0.25, -0.2) is 13.4 Å². The first-order chi connectivity index (χ1) is 14.1. The average Bonchev–Trinajstić information content (AvgIpc) is 3.32. The van der Waals surface area contributed by atoms with Gasteiger partial charge in [0.15, 0.2) is 5.82 Å². The lowest BCUT2D eigenvalue weighted by Crippen LogP contribution is -2.45. The van der Waals surface area contributed by atoms with Crippen molar-refractivity contribution in [2.24, 2.45) is 0 Å². The van der Waals surface area contributed by atoms with Crippen LogP contribution < -0.4 is 10.2 Å². The van der Waals surface area contributed by atoms with Crippen molar-refractivity contribution in [3.8, 4) is 0 Å². The van der Waals surface area contributed by atoms with E-state index >= 15 is 0 Å². The van der Waals surface area contributed by atoms with E-state index in [2.05, 4.69) is 20.4 Å². The van der Waals surface area contributed by atoms with Crippen molar-refractivity contribution < 1.29 is 13.2 Å². The summed E-state index contributed by atoms with van der Waals surface area (Å²) in [5.74, 6) is 0.622. The number of anilines is 3. The highest BCUT2D eigenvalue weighted by molar-refractivity contribution is 7.88. The van der Waals surface area contributed by atoms with E-state index in [0.29, 0.717) is 29.5 Å². The van der Waals surface area contributed by atoms with Crippen molar-refractivity contribution in [3.63, 3.8) is 0 Å². The van der Waals surface area contributed by atoms with E-state index < -0.39 is 10.0 Å². The van der Waals surface area contributed by atoms with Crippen molar-refractivity contribution >= 4 is 45.0 Å². The Kier molecular flexibility index (Phi) is 6.48. The van der Waals surface area contributed by atoms with Crippen LogP contribution in [0.2, 0.25) is 5.02 Å². The lowest BCUT2D eigenvalue weighted by Gasteiger charge is -2.32. The molecule has 2 aromatic rings. The molecule has 1 saturated heterocycles. The van der Waals surface area contributed by atoms with Crippen LogP contribution in [0.25, 0.3) is 0 Å². The van der Waals surface area contributed by atoms with Crippen LogP contribution in [0.15, 0.2) is 18.6 Å². The van der Waals surface area contributed by atoms with Crippen molar-refractivity contribution in [1.29, 1.82) is 0 Å². The van der Waals surface area contributed by atoms with Crippen LogP contribution >= 0.6 is 11.6 Å². The Bertz CT molecular complexity index is 1030. The molecular formula is C17H25ClN8O3S. The third kappa shape index (κ3) is 4.99. The Balaban J connectivity index is 1.77. The maximum atomic E-state index is 12.1. The molecular weight excluding hydrogens is 432 g/mol. The highest BCUT2D eigenvalue weighted by Gasteiger charge is 2.35. The number of rotatable bonds is 7. The summed E-state index contributed by atoms with van der Waals surface area (Å²) in [4.78, 5) is 23.7. The van der Waals surface area contributed by atoms with E-state index in [4.69, 9.17) is 11.6 Å². The molecule has 1 atom stereocenters. The average molecular weight is 457 g/mol. The number of amides is 1. The molecule has 164 valence electrons. The van der Waals surface area contributed by atoms with Crippen LogP contribution in [0, 0.1) is 0 Å². The normalized spacial score (nSPS) is 17.2. The molecule has 0 spiro atoms. The molecule has 3 heterocycles. The Labute approximate surface area is 180 Å². The van der Waals surface area contributed by atoms with E-state index in [0.717, 1.165) is 6.42 Å². The van der Waals surface area contributed by atoms with E-state index in [9.17, 15) is 13.2 Å². The number of aromatic nitrogens is 4. The second-order valence-corrected chi connectivity index (χ2v) is 9.65. The maximum absolute atomic E-state index is 12.1. The minimum Gasteiger partial charge on any atom is -0.347 e. The van der Waals surface area contributed by atoms with Gasteiger partial charge in [-0.2, -0.15) is 14.4 Å². The van der Waals surface area contributed by atoms with E-state index in [-0.39, 0.29) is 24.6 Å². The Morgan fingerprint density at radius 2 is 2.07 bits per heavy atom. The summed E-state index contributed by atoms with van der Waals surface area (Å²) in [5, 5.41) is 7.50. The summed E-state index contributed by atoms with van der Waals surface area (Å²) in [6.07, 6.45) is 6.98. The van der Waals surface area contributed by atoms with Gasteiger partial charge >= 0.3 is 0 Å². The summed E-state index contributed by atoms with van der Waals surface area (Å²) in [6, 6.07) is 0. The van der Waals surface area contributed by atoms with Crippen molar-refractivity contribution in [1.82, 2.24) is 29.0 Å². The highest BCUT2D eigenvalue weighted by Crippen LogP contribution is 2.30. The predicted octanol–water partition coefficient (Wildman–Crippen LogP) is 0.976. The first-order valence-corrected chi connectivity index (χ1v) is 11.5. The number of nitrogens with zero attached hydrogens (tertiary/aromatic N) is 7. The number of nitrogens with one attached hydrogen (secondary N) is 1. The SMILES string of the molecule is CN(C)C(=O)Cn1cc(Nc2ncc(Cl)c(N(C)[C@@H]3CCCN3S(C)(=O)=O)n2)cn1. The lowest BCUT2D eigenvalue weighted by atomic mass is 10.3. The molecule has 1 aliphatic heterocycles. The molecule has 0 radical (unpaired) electrons. The van der Waals surface area contributed by atoms with Crippen LogP contribution in [0.4, 0.5) is 17.5 Å². The smallest absolute Gasteiger partial charge is 0.243 e. The number of carbonyl (C=O) groups excluding carboxylic acids is 1. The van der Waals surface area contributed by atoms with Gasteiger partial charge in [0.25, 0.3) is 0 Å². The fourth-order valence-electron chi connectivity index (χ4n) is 3.23. The third-order valence-corrected chi connectivity index (χ3v) is 6.34. The standard InChI is InChI=1S/C17H25ClN8O3S/c1-23(2)15(27)11-25-10-12(8-20-25)21-17-19-9-13(18)16(22-17)24(3)14-6-5-7-26(14)30(4,28)29/h8-10,14H,5-7,11H2,1-4H3,(H,19,21,22)/t14-/m0/s1. The van der Waals surface area contributed by atoms with Gasteiger partial charge in [-0.1, -0.05) is 11.6 Å². The zero-order chi connectivity index (χ0) is 22.1. The first-order valence-electron chi connectivity index (χ1n) is 9.28. The molecule has 11 nitrogen and oxygen atoms in total. The predicted molar refractivity (Wildman–Crippen MR) is 114 cm³/mol. The zero-order valence-electron chi connectivity index (χ0n) is 17.3. The summed E-state index contributed by atoms with van der Waals surface area (Å²) < 4.78 is 27.1. The molecule has 0 unspecified atom stereocenters. The van der Waals surface area contributed by atoms with E-state index in [1.807, 2.05) is 0 Å². The second-order valence-electron chi connectivity index (χ2n) is 7.31. The van der Waals surface area contributed by atoms with Crippen molar-refractivity contribution in [2.75, 3.05) is 44.2 Å². The molecule has 0 bridgehead atoms.